The van der Waals surface area contributed by atoms with E-state index < -0.39 is 24.2 Å². The van der Waals surface area contributed by atoms with Crippen molar-refractivity contribution >= 4 is 56.4 Å². The molecule has 54 heavy (non-hydrogen) atoms. The number of pyridine rings is 4. The lowest BCUT2D eigenvalue weighted by molar-refractivity contribution is -0.118. The molecular formula is C40H38F2N8O4. The van der Waals surface area contributed by atoms with Gasteiger partial charge in [-0.25, -0.2) is 18.7 Å². The summed E-state index contributed by atoms with van der Waals surface area (Å²) in [6.07, 6.45) is 4.97. The number of aromatic nitrogens is 4. The number of amides is 2. The number of halogens is 2. The lowest BCUT2D eigenvalue weighted by Gasteiger charge is -2.11. The van der Waals surface area contributed by atoms with Crippen LogP contribution < -0.4 is 33.2 Å². The van der Waals surface area contributed by atoms with Gasteiger partial charge in [-0.3, -0.25) is 19.2 Å². The van der Waals surface area contributed by atoms with Crippen molar-refractivity contribution in [3.63, 3.8) is 0 Å². The molecule has 8 rings (SSSR count). The molecule has 6 N–H and O–H groups in total. The number of nitrogens with zero attached hydrogens (tertiary/aromatic N) is 4. The van der Waals surface area contributed by atoms with E-state index in [9.17, 15) is 28.0 Å². The van der Waals surface area contributed by atoms with Crippen molar-refractivity contribution in [2.75, 3.05) is 22.1 Å². The molecule has 4 aromatic heterocycles. The van der Waals surface area contributed by atoms with Crippen LogP contribution >= 0.6 is 0 Å². The van der Waals surface area contributed by atoms with Crippen LogP contribution in [0, 0.1) is 25.7 Å². The highest BCUT2D eigenvalue weighted by atomic mass is 19.1. The van der Waals surface area contributed by atoms with E-state index in [2.05, 4.69) is 20.6 Å². The Hall–Kier alpha value is -6.44. The third-order valence-electron chi connectivity index (χ3n) is 9.87. The van der Waals surface area contributed by atoms with Crippen molar-refractivity contribution in [1.29, 1.82) is 0 Å². The van der Waals surface area contributed by atoms with Crippen LogP contribution in [0.25, 0.3) is 43.8 Å². The monoisotopic (exact) mass is 732 g/mol. The molecule has 2 amide bonds. The number of carbonyl (C=O) groups excluding carboxylic acids is 2. The molecule has 0 bridgehead atoms. The van der Waals surface area contributed by atoms with E-state index in [4.69, 9.17) is 11.5 Å². The van der Waals surface area contributed by atoms with Crippen molar-refractivity contribution in [1.82, 2.24) is 19.1 Å². The maximum absolute atomic E-state index is 13.1. The number of hydrogen-bond donors (Lipinski definition) is 4. The van der Waals surface area contributed by atoms with Crippen molar-refractivity contribution in [2.45, 2.75) is 39.0 Å². The van der Waals surface area contributed by atoms with E-state index in [1.54, 1.807) is 63.1 Å². The smallest absolute Gasteiger partial charge is 0.258 e. The van der Waals surface area contributed by atoms with Crippen LogP contribution in [0.1, 0.15) is 24.0 Å². The normalized spacial score (nSPS) is 18.5. The lowest BCUT2D eigenvalue weighted by atomic mass is 9.98. The second kappa shape index (κ2) is 13.8. The Morgan fingerprint density at radius 1 is 0.685 bits per heavy atom. The van der Waals surface area contributed by atoms with Gasteiger partial charge < -0.3 is 31.2 Å². The zero-order valence-electron chi connectivity index (χ0n) is 30.0. The molecule has 4 atom stereocenters. The van der Waals surface area contributed by atoms with Gasteiger partial charge in [-0.15, -0.1) is 0 Å². The molecule has 276 valence electrons. The summed E-state index contributed by atoms with van der Waals surface area (Å²) in [5, 5.41) is 8.21. The molecule has 0 saturated heterocycles. The zero-order valence-corrected chi connectivity index (χ0v) is 30.0. The van der Waals surface area contributed by atoms with Crippen molar-refractivity contribution in [3.8, 4) is 22.3 Å². The average molecular weight is 733 g/mol. The summed E-state index contributed by atoms with van der Waals surface area (Å²) in [5.74, 6) is -1.25. The third kappa shape index (κ3) is 7.01. The van der Waals surface area contributed by atoms with Gasteiger partial charge in [-0.2, -0.15) is 0 Å². The van der Waals surface area contributed by atoms with E-state index in [-0.39, 0.29) is 35.8 Å². The maximum atomic E-state index is 13.1. The number of nitrogens with two attached hydrogens (primary N) is 2. The molecule has 2 aromatic carbocycles. The topological polar surface area (TPSA) is 180 Å². The predicted molar refractivity (Wildman–Crippen MR) is 206 cm³/mol. The minimum Gasteiger partial charge on any atom is -0.398 e. The number of alkyl halides is 2. The van der Waals surface area contributed by atoms with Gasteiger partial charge >= 0.3 is 0 Å². The molecule has 14 heteroatoms. The number of hydrogen-bond acceptors (Lipinski definition) is 8. The zero-order chi connectivity index (χ0) is 38.6. The van der Waals surface area contributed by atoms with Gasteiger partial charge in [0.2, 0.25) is 11.8 Å². The molecule has 2 saturated carbocycles. The fourth-order valence-corrected chi connectivity index (χ4v) is 6.45. The van der Waals surface area contributed by atoms with Gasteiger partial charge in [0.05, 0.1) is 23.0 Å². The molecule has 0 unspecified atom stereocenters. The van der Waals surface area contributed by atoms with Gasteiger partial charge in [-0.05, 0) is 108 Å². The number of benzene rings is 2. The number of nitrogens with one attached hydrogen (secondary N) is 2. The summed E-state index contributed by atoms with van der Waals surface area (Å²) < 4.78 is 29.1. The SMILES string of the molecule is Cc1ccn(C)c(=O)c1-c1cc(N)c2cnc(NC(=O)[C@@H]3C[C@H]3F)cc2c1.Cc1ccn(C)c(=O)c1-c1cc(N)c2cnc(NC(=O)[C@H]3C[C@H]3F)cc2c1. The third-order valence-corrected chi connectivity index (χ3v) is 9.87. The molecule has 0 radical (unpaired) electrons. The predicted octanol–water partition coefficient (Wildman–Crippen LogP) is 5.58. The van der Waals surface area contributed by atoms with Crippen molar-refractivity contribution in [3.05, 3.63) is 105 Å². The Labute approximate surface area is 307 Å². The van der Waals surface area contributed by atoms with Gasteiger partial charge in [0.1, 0.15) is 24.0 Å². The van der Waals surface area contributed by atoms with E-state index in [0.29, 0.717) is 45.3 Å². The molecule has 6 aromatic rings. The molecule has 0 spiro atoms. The number of fused-ring (bicyclic) bond motifs is 2. The highest BCUT2D eigenvalue weighted by Crippen LogP contribution is 2.37. The second-order valence-electron chi connectivity index (χ2n) is 14.0. The standard InChI is InChI=1S/2C20H19FN4O2/c2*1-10-3-4-25(2)20(27)18(10)12-5-11-7-17(23-9-14(11)16(22)6-12)24-19(26)13-8-15(13)21/h2*3-7,9,13,15H,8,22H2,1-2H3,(H,23,24,26)/t13-,15+;13-,15-/m01/s1. The van der Waals surface area contributed by atoms with Crippen LogP contribution in [0.4, 0.5) is 31.8 Å². The van der Waals surface area contributed by atoms with Crippen LogP contribution in [0.2, 0.25) is 0 Å². The van der Waals surface area contributed by atoms with Gasteiger partial charge in [0.25, 0.3) is 11.1 Å². The molecule has 4 heterocycles. The first kappa shape index (κ1) is 35.9. The van der Waals surface area contributed by atoms with Crippen molar-refractivity contribution < 1.29 is 18.4 Å². The van der Waals surface area contributed by atoms with E-state index in [1.807, 2.05) is 38.1 Å². The minimum absolute atomic E-state index is 0.112. The highest BCUT2D eigenvalue weighted by Gasteiger charge is 2.44. The summed E-state index contributed by atoms with van der Waals surface area (Å²) >= 11 is 0. The Balaban J connectivity index is 0.000000167. The van der Waals surface area contributed by atoms with Gasteiger partial charge in [0.15, 0.2) is 0 Å². The van der Waals surface area contributed by atoms with Crippen LogP contribution in [0.5, 0.6) is 0 Å². The number of rotatable bonds is 6. The van der Waals surface area contributed by atoms with Crippen molar-refractivity contribution in [2.24, 2.45) is 25.9 Å². The molecule has 0 aliphatic heterocycles. The molecule has 2 aliphatic rings. The van der Waals surface area contributed by atoms with Gasteiger partial charge in [-0.1, -0.05) is 0 Å². The van der Waals surface area contributed by atoms with Crippen LogP contribution in [-0.2, 0) is 23.7 Å². The summed E-state index contributed by atoms with van der Waals surface area (Å²) in [5.41, 5.74) is 17.4. The molecule has 12 nitrogen and oxygen atoms in total. The fraction of sp³-hybridized carbons (Fsp3) is 0.250. The number of carbonyl (C=O) groups is 2. The summed E-state index contributed by atoms with van der Waals surface area (Å²) in [6.45, 7) is 3.75. The van der Waals surface area contributed by atoms with Crippen LogP contribution in [-0.4, -0.2) is 43.3 Å². The van der Waals surface area contributed by atoms with E-state index >= 15 is 0 Å². The van der Waals surface area contributed by atoms with Crippen LogP contribution in [0.3, 0.4) is 0 Å². The Morgan fingerprint density at radius 2 is 1.06 bits per heavy atom. The molecular weight excluding hydrogens is 694 g/mol. The van der Waals surface area contributed by atoms with Crippen LogP contribution in [0.15, 0.2) is 82.9 Å². The first-order chi connectivity index (χ1) is 25.7. The summed E-state index contributed by atoms with van der Waals surface area (Å²) in [6, 6.07) is 14.3. The molecule has 2 aliphatic carbocycles. The molecule has 2 fully saturated rings. The fourth-order valence-electron chi connectivity index (χ4n) is 6.45. The lowest BCUT2D eigenvalue weighted by Crippen LogP contribution is -2.19. The van der Waals surface area contributed by atoms with E-state index in [0.717, 1.165) is 32.7 Å². The largest absolute Gasteiger partial charge is 0.398 e. The summed E-state index contributed by atoms with van der Waals surface area (Å²) in [7, 11) is 3.40. The summed E-state index contributed by atoms with van der Waals surface area (Å²) in [4.78, 5) is 57.4. The quantitative estimate of drug-likeness (QED) is 0.160. The van der Waals surface area contributed by atoms with Gasteiger partial charge in [0, 0.05) is 61.0 Å². The Bertz CT molecular complexity index is 2460. The first-order valence-electron chi connectivity index (χ1n) is 17.3. The van der Waals surface area contributed by atoms with E-state index in [1.165, 1.54) is 9.13 Å². The maximum Gasteiger partial charge on any atom is 0.258 e. The first-order valence-corrected chi connectivity index (χ1v) is 17.3. The Kier molecular flexibility index (Phi) is 9.21. The number of aryl methyl sites for hydroxylation is 4. The highest BCUT2D eigenvalue weighted by molar-refractivity contribution is 6.01. The minimum atomic E-state index is -1.06. The number of nitrogen functional groups attached to an aromatic ring is 2. The average Bonchev–Trinajstić information content (AvgIpc) is 4.05. The second-order valence-corrected chi connectivity index (χ2v) is 14.0. The Morgan fingerprint density at radius 3 is 1.41 bits per heavy atom. The number of anilines is 4.